The molecule has 0 bridgehead atoms. The molecule has 0 spiro atoms. The molecule has 0 aliphatic carbocycles. The zero-order chi connectivity index (χ0) is 15.8. The number of ether oxygens (including phenoxy) is 1. The van der Waals surface area contributed by atoms with Gasteiger partial charge in [-0.15, -0.1) is 5.10 Å². The third-order valence-corrected chi connectivity index (χ3v) is 3.12. The van der Waals surface area contributed by atoms with Crippen molar-refractivity contribution in [1.29, 1.82) is 0 Å². The average Bonchev–Trinajstić information content (AvgIpc) is 2.50. The Kier molecular flexibility index (Phi) is 5.80. The van der Waals surface area contributed by atoms with Crippen LogP contribution in [0.2, 0.25) is 5.02 Å². The number of hydrogen-bond acceptors (Lipinski definition) is 3. The summed E-state index contributed by atoms with van der Waals surface area (Å²) in [4.78, 5) is 0. The van der Waals surface area contributed by atoms with Crippen molar-refractivity contribution in [2.75, 3.05) is 6.61 Å². The highest BCUT2D eigenvalue weighted by molar-refractivity contribution is 6.32. The Bertz CT molecular complexity index is 667. The fraction of sp³-hybridized carbons (Fsp3) is 0.125. The van der Waals surface area contributed by atoms with E-state index in [0.717, 1.165) is 12.0 Å². The lowest BCUT2D eigenvalue weighted by molar-refractivity contribution is 0.322. The molecule has 0 heterocycles. The average molecular weight is 317 g/mol. The van der Waals surface area contributed by atoms with E-state index < -0.39 is 0 Å². The van der Waals surface area contributed by atoms with Gasteiger partial charge in [0.15, 0.2) is 0 Å². The number of benzene rings is 2. The molecule has 0 aliphatic heterocycles. The summed E-state index contributed by atoms with van der Waals surface area (Å²) in [5.74, 6) is 0.541. The van der Waals surface area contributed by atoms with Crippen LogP contribution in [0.1, 0.15) is 11.1 Å². The molecule has 0 unspecified atom stereocenters. The standard InChI is InChI=1S/C16H17ClN4O/c17-14-10-13(11-20-21-16(18)19)6-7-15(14)22-9-8-12-4-2-1-3-5-12/h1-7,10-11H,8-9H2,(H4,18,19,21)/b20-11+. The van der Waals surface area contributed by atoms with Crippen molar-refractivity contribution >= 4 is 23.8 Å². The van der Waals surface area contributed by atoms with E-state index in [1.807, 2.05) is 24.3 Å². The van der Waals surface area contributed by atoms with Crippen LogP contribution in [0.3, 0.4) is 0 Å². The van der Waals surface area contributed by atoms with Gasteiger partial charge < -0.3 is 16.2 Å². The minimum absolute atomic E-state index is 0.0942. The van der Waals surface area contributed by atoms with E-state index in [-0.39, 0.29) is 5.96 Å². The second-order valence-corrected chi connectivity index (χ2v) is 4.95. The van der Waals surface area contributed by atoms with Crippen LogP contribution in [0.5, 0.6) is 5.75 Å². The second kappa shape index (κ2) is 8.05. The van der Waals surface area contributed by atoms with Gasteiger partial charge in [0.1, 0.15) is 5.75 Å². The van der Waals surface area contributed by atoms with Crippen LogP contribution in [0, 0.1) is 0 Å². The predicted octanol–water partition coefficient (Wildman–Crippen LogP) is 2.57. The molecule has 0 radical (unpaired) electrons. The SMILES string of the molecule is NC(N)=N/N=C/c1ccc(OCCc2ccccc2)c(Cl)c1. The van der Waals surface area contributed by atoms with Gasteiger partial charge in [0, 0.05) is 6.42 Å². The van der Waals surface area contributed by atoms with E-state index in [0.29, 0.717) is 17.4 Å². The van der Waals surface area contributed by atoms with E-state index in [9.17, 15) is 0 Å². The van der Waals surface area contributed by atoms with Crippen molar-refractivity contribution in [3.05, 3.63) is 64.7 Å². The molecule has 0 aliphatic rings. The van der Waals surface area contributed by atoms with Crippen LogP contribution in [-0.4, -0.2) is 18.8 Å². The molecule has 114 valence electrons. The van der Waals surface area contributed by atoms with Crippen LogP contribution in [0.15, 0.2) is 58.7 Å². The van der Waals surface area contributed by atoms with Gasteiger partial charge in [0.2, 0.25) is 5.96 Å². The molecule has 5 nitrogen and oxygen atoms in total. The van der Waals surface area contributed by atoms with Crippen LogP contribution in [0.25, 0.3) is 0 Å². The highest BCUT2D eigenvalue weighted by Gasteiger charge is 2.02. The molecule has 2 aromatic rings. The molecule has 0 atom stereocenters. The molecule has 0 saturated carbocycles. The van der Waals surface area contributed by atoms with Gasteiger partial charge in [-0.1, -0.05) is 41.9 Å². The maximum Gasteiger partial charge on any atom is 0.211 e. The number of rotatable bonds is 6. The van der Waals surface area contributed by atoms with Gasteiger partial charge in [-0.3, -0.25) is 0 Å². The Balaban J connectivity index is 1.92. The first kappa shape index (κ1) is 15.9. The summed E-state index contributed by atoms with van der Waals surface area (Å²) in [6.07, 6.45) is 2.34. The van der Waals surface area contributed by atoms with Crippen LogP contribution < -0.4 is 16.2 Å². The molecular weight excluding hydrogens is 300 g/mol. The first-order chi connectivity index (χ1) is 10.6. The predicted molar refractivity (Wildman–Crippen MR) is 90.5 cm³/mol. The molecule has 22 heavy (non-hydrogen) atoms. The van der Waals surface area contributed by atoms with Crippen molar-refractivity contribution < 1.29 is 4.74 Å². The van der Waals surface area contributed by atoms with E-state index in [1.165, 1.54) is 11.8 Å². The second-order valence-electron chi connectivity index (χ2n) is 4.54. The Labute approximate surface area is 134 Å². The van der Waals surface area contributed by atoms with Gasteiger partial charge in [0.25, 0.3) is 0 Å². The number of nitrogens with zero attached hydrogens (tertiary/aromatic N) is 2. The monoisotopic (exact) mass is 316 g/mol. The lowest BCUT2D eigenvalue weighted by Gasteiger charge is -2.08. The van der Waals surface area contributed by atoms with Gasteiger partial charge in [-0.25, -0.2) is 0 Å². The topological polar surface area (TPSA) is 86.0 Å². The summed E-state index contributed by atoms with van der Waals surface area (Å²) in [6.45, 7) is 0.561. The first-order valence-corrected chi connectivity index (χ1v) is 7.11. The highest BCUT2D eigenvalue weighted by Crippen LogP contribution is 2.25. The largest absolute Gasteiger partial charge is 0.492 e. The van der Waals surface area contributed by atoms with E-state index in [1.54, 1.807) is 12.1 Å². The van der Waals surface area contributed by atoms with Crippen molar-refractivity contribution in [3.8, 4) is 5.75 Å². The molecule has 2 rings (SSSR count). The molecule has 2 aromatic carbocycles. The third-order valence-electron chi connectivity index (χ3n) is 2.83. The van der Waals surface area contributed by atoms with E-state index in [2.05, 4.69) is 22.3 Å². The van der Waals surface area contributed by atoms with E-state index in [4.69, 9.17) is 27.8 Å². The molecule has 0 aromatic heterocycles. The maximum absolute atomic E-state index is 6.18. The molecule has 4 N–H and O–H groups in total. The van der Waals surface area contributed by atoms with Crippen LogP contribution >= 0.6 is 11.6 Å². The number of nitrogens with two attached hydrogens (primary N) is 2. The quantitative estimate of drug-likeness (QED) is 0.488. The molecule has 0 fully saturated rings. The zero-order valence-corrected chi connectivity index (χ0v) is 12.7. The summed E-state index contributed by atoms with van der Waals surface area (Å²) >= 11 is 6.18. The van der Waals surface area contributed by atoms with Crippen LogP contribution in [0.4, 0.5) is 0 Å². The number of guanidine groups is 1. The summed E-state index contributed by atoms with van der Waals surface area (Å²) < 4.78 is 5.69. The van der Waals surface area contributed by atoms with Crippen molar-refractivity contribution in [2.24, 2.45) is 21.7 Å². The Morgan fingerprint density at radius 3 is 2.59 bits per heavy atom. The Morgan fingerprint density at radius 2 is 1.91 bits per heavy atom. The molecular formula is C16H17ClN4O. The van der Waals surface area contributed by atoms with Gasteiger partial charge >= 0.3 is 0 Å². The van der Waals surface area contributed by atoms with Crippen molar-refractivity contribution in [1.82, 2.24) is 0 Å². The summed E-state index contributed by atoms with van der Waals surface area (Å²) in [7, 11) is 0. The molecule has 6 heteroatoms. The maximum atomic E-state index is 6.18. The van der Waals surface area contributed by atoms with Crippen molar-refractivity contribution in [3.63, 3.8) is 0 Å². The normalized spacial score (nSPS) is 10.6. The first-order valence-electron chi connectivity index (χ1n) is 6.73. The lowest BCUT2D eigenvalue weighted by atomic mass is 10.2. The van der Waals surface area contributed by atoms with Crippen LogP contribution in [-0.2, 0) is 6.42 Å². The summed E-state index contributed by atoms with van der Waals surface area (Å²) in [5, 5.41) is 7.77. The minimum Gasteiger partial charge on any atom is -0.492 e. The number of hydrogen-bond donors (Lipinski definition) is 2. The number of halogens is 1. The molecule has 0 amide bonds. The fourth-order valence-corrected chi connectivity index (χ4v) is 2.04. The smallest absolute Gasteiger partial charge is 0.211 e. The Morgan fingerprint density at radius 1 is 1.14 bits per heavy atom. The van der Waals surface area contributed by atoms with Gasteiger partial charge in [0.05, 0.1) is 17.8 Å². The highest BCUT2D eigenvalue weighted by atomic mass is 35.5. The Hall–Kier alpha value is -2.53. The van der Waals surface area contributed by atoms with Gasteiger partial charge in [-0.05, 0) is 29.3 Å². The minimum atomic E-state index is -0.0942. The fourth-order valence-electron chi connectivity index (χ4n) is 1.80. The van der Waals surface area contributed by atoms with E-state index >= 15 is 0 Å². The lowest BCUT2D eigenvalue weighted by Crippen LogP contribution is -2.21. The summed E-state index contributed by atoms with van der Waals surface area (Å²) in [5.41, 5.74) is 12.4. The third kappa shape index (κ3) is 5.10. The zero-order valence-electron chi connectivity index (χ0n) is 11.9. The van der Waals surface area contributed by atoms with Crippen molar-refractivity contribution in [2.45, 2.75) is 6.42 Å². The molecule has 0 saturated heterocycles. The van der Waals surface area contributed by atoms with Gasteiger partial charge in [-0.2, -0.15) is 5.10 Å². The summed E-state index contributed by atoms with van der Waals surface area (Å²) in [6, 6.07) is 15.5.